The Hall–Kier alpha value is -1.71. The third-order valence-electron chi connectivity index (χ3n) is 2.39. The molecule has 4 nitrogen and oxygen atoms in total. The van der Waals surface area contributed by atoms with Gasteiger partial charge in [-0.3, -0.25) is 0 Å². The Morgan fingerprint density at radius 3 is 2.67 bits per heavy atom. The molecule has 4 heteroatoms. The number of nitrogens with zero attached hydrogens (tertiary/aromatic N) is 1. The van der Waals surface area contributed by atoms with Gasteiger partial charge in [0.05, 0.1) is 5.52 Å². The van der Waals surface area contributed by atoms with Crippen LogP contribution in [-0.4, -0.2) is 15.6 Å². The number of carbonyl (C=O) groups is 1. The lowest BCUT2D eigenvalue weighted by atomic mass is 10.3. The van der Waals surface area contributed by atoms with Gasteiger partial charge in [0.1, 0.15) is 11.5 Å². The van der Waals surface area contributed by atoms with E-state index in [1.54, 1.807) is 10.6 Å². The second-order valence-corrected chi connectivity index (χ2v) is 3.91. The highest BCUT2D eigenvalue weighted by molar-refractivity contribution is 5.93. The predicted octanol–water partition coefficient (Wildman–Crippen LogP) is 2.82. The number of carboxylic acid groups (broad SMARTS) is 1. The lowest BCUT2D eigenvalue weighted by molar-refractivity contribution is 0.0684. The van der Waals surface area contributed by atoms with Crippen LogP contribution in [0.15, 0.2) is 16.5 Å². The fourth-order valence-corrected chi connectivity index (χ4v) is 1.86. The van der Waals surface area contributed by atoms with Crippen LogP contribution in [0.1, 0.15) is 36.1 Å². The first-order valence-corrected chi connectivity index (χ1v) is 4.85. The Morgan fingerprint density at radius 2 is 2.13 bits per heavy atom. The molecule has 2 aromatic rings. The molecule has 2 rings (SSSR count). The summed E-state index contributed by atoms with van der Waals surface area (Å²) in [5.41, 5.74) is 1.76. The Bertz CT molecular complexity index is 519. The molecule has 0 atom stereocenters. The number of furan rings is 1. The molecule has 15 heavy (non-hydrogen) atoms. The third-order valence-corrected chi connectivity index (χ3v) is 2.39. The molecule has 0 aromatic carbocycles. The largest absolute Gasteiger partial charge is 0.477 e. The van der Waals surface area contributed by atoms with Crippen LogP contribution in [0.4, 0.5) is 0 Å². The highest BCUT2D eigenvalue weighted by atomic mass is 16.4. The van der Waals surface area contributed by atoms with Gasteiger partial charge in [0, 0.05) is 18.2 Å². The van der Waals surface area contributed by atoms with Crippen molar-refractivity contribution in [2.24, 2.45) is 0 Å². The van der Waals surface area contributed by atoms with Crippen molar-refractivity contribution in [3.63, 3.8) is 0 Å². The molecule has 0 aliphatic rings. The van der Waals surface area contributed by atoms with E-state index in [0.29, 0.717) is 5.58 Å². The zero-order valence-corrected chi connectivity index (χ0v) is 8.94. The first-order chi connectivity index (χ1) is 7.00. The molecule has 2 aromatic heterocycles. The van der Waals surface area contributed by atoms with Gasteiger partial charge in [-0.15, -0.1) is 0 Å². The highest BCUT2D eigenvalue weighted by Crippen LogP contribution is 2.26. The van der Waals surface area contributed by atoms with E-state index in [1.165, 1.54) is 0 Å². The zero-order chi connectivity index (χ0) is 11.2. The number of fused-ring (bicyclic) bond motifs is 1. The number of aryl methyl sites for hydroxylation is 1. The molecule has 0 saturated carbocycles. The van der Waals surface area contributed by atoms with E-state index in [2.05, 4.69) is 0 Å². The molecule has 0 amide bonds. The van der Waals surface area contributed by atoms with Crippen molar-refractivity contribution in [3.05, 3.63) is 23.6 Å². The average molecular weight is 207 g/mol. The molecule has 0 bridgehead atoms. The third kappa shape index (κ3) is 1.42. The minimum Gasteiger partial charge on any atom is -0.477 e. The number of carboxylic acids is 1. The van der Waals surface area contributed by atoms with Crippen LogP contribution >= 0.6 is 0 Å². The van der Waals surface area contributed by atoms with Gasteiger partial charge in [-0.1, -0.05) is 0 Å². The second-order valence-electron chi connectivity index (χ2n) is 3.91. The molecular weight excluding hydrogens is 194 g/mol. The molecule has 0 aliphatic carbocycles. The molecule has 0 radical (unpaired) electrons. The lowest BCUT2D eigenvalue weighted by Crippen LogP contribution is -2.10. The zero-order valence-electron chi connectivity index (χ0n) is 8.94. The SMILES string of the molecule is Cc1cc2c(cc(C(=O)O)n2C(C)C)o1. The molecule has 2 heterocycles. The smallest absolute Gasteiger partial charge is 0.352 e. The van der Waals surface area contributed by atoms with E-state index in [0.717, 1.165) is 11.3 Å². The molecule has 0 aliphatic heterocycles. The van der Waals surface area contributed by atoms with Gasteiger partial charge in [-0.25, -0.2) is 4.79 Å². The van der Waals surface area contributed by atoms with Gasteiger partial charge in [0.25, 0.3) is 0 Å². The summed E-state index contributed by atoms with van der Waals surface area (Å²) in [6.45, 7) is 5.76. The number of aromatic carboxylic acids is 1. The molecule has 0 unspecified atom stereocenters. The van der Waals surface area contributed by atoms with Crippen LogP contribution in [0, 0.1) is 6.92 Å². The summed E-state index contributed by atoms with van der Waals surface area (Å²) in [6.07, 6.45) is 0. The molecule has 0 saturated heterocycles. The topological polar surface area (TPSA) is 55.4 Å². The van der Waals surface area contributed by atoms with E-state index in [-0.39, 0.29) is 11.7 Å². The lowest BCUT2D eigenvalue weighted by Gasteiger charge is -2.10. The van der Waals surface area contributed by atoms with Crippen molar-refractivity contribution in [1.82, 2.24) is 4.57 Å². The Labute approximate surface area is 87.1 Å². The summed E-state index contributed by atoms with van der Waals surface area (Å²) in [6, 6.07) is 3.54. The number of rotatable bonds is 2. The summed E-state index contributed by atoms with van der Waals surface area (Å²) >= 11 is 0. The monoisotopic (exact) mass is 207 g/mol. The van der Waals surface area contributed by atoms with Crippen molar-refractivity contribution in [1.29, 1.82) is 0 Å². The van der Waals surface area contributed by atoms with Gasteiger partial charge >= 0.3 is 5.97 Å². The fraction of sp³-hybridized carbons (Fsp3) is 0.364. The van der Waals surface area contributed by atoms with Gasteiger partial charge < -0.3 is 14.1 Å². The maximum atomic E-state index is 11.0. The normalized spacial score (nSPS) is 11.5. The molecular formula is C11H13NO3. The van der Waals surface area contributed by atoms with Crippen LogP contribution in [0.3, 0.4) is 0 Å². The van der Waals surface area contributed by atoms with Crippen LogP contribution < -0.4 is 0 Å². The summed E-state index contributed by atoms with van der Waals surface area (Å²) in [5.74, 6) is -0.126. The number of hydrogen-bond acceptors (Lipinski definition) is 2. The minimum atomic E-state index is -0.923. The number of hydrogen-bond donors (Lipinski definition) is 1. The van der Waals surface area contributed by atoms with E-state index in [1.807, 2.05) is 26.8 Å². The van der Waals surface area contributed by atoms with Crippen molar-refractivity contribution >= 4 is 17.1 Å². The fourth-order valence-electron chi connectivity index (χ4n) is 1.86. The van der Waals surface area contributed by atoms with Gasteiger partial charge in [-0.2, -0.15) is 0 Å². The number of aromatic nitrogens is 1. The van der Waals surface area contributed by atoms with Crippen molar-refractivity contribution in [2.45, 2.75) is 26.8 Å². The van der Waals surface area contributed by atoms with Crippen LogP contribution in [0.25, 0.3) is 11.1 Å². The Balaban J connectivity index is 2.77. The van der Waals surface area contributed by atoms with E-state index < -0.39 is 5.97 Å². The van der Waals surface area contributed by atoms with Gasteiger partial charge in [0.2, 0.25) is 0 Å². The van der Waals surface area contributed by atoms with E-state index in [4.69, 9.17) is 9.52 Å². The molecule has 0 spiro atoms. The Kier molecular flexibility index (Phi) is 2.07. The predicted molar refractivity (Wildman–Crippen MR) is 56.3 cm³/mol. The summed E-state index contributed by atoms with van der Waals surface area (Å²) in [7, 11) is 0. The maximum absolute atomic E-state index is 11.0. The summed E-state index contributed by atoms with van der Waals surface area (Å²) < 4.78 is 7.18. The van der Waals surface area contributed by atoms with Crippen LogP contribution in [-0.2, 0) is 0 Å². The van der Waals surface area contributed by atoms with E-state index in [9.17, 15) is 4.79 Å². The van der Waals surface area contributed by atoms with Crippen molar-refractivity contribution in [3.8, 4) is 0 Å². The standard InChI is InChI=1S/C11H13NO3/c1-6(2)12-8-4-7(3)15-10(8)5-9(12)11(13)14/h4-6H,1-3H3,(H,13,14). The van der Waals surface area contributed by atoms with Crippen LogP contribution in [0.5, 0.6) is 0 Å². The molecule has 0 fully saturated rings. The van der Waals surface area contributed by atoms with Gasteiger partial charge in [0.15, 0.2) is 5.58 Å². The maximum Gasteiger partial charge on any atom is 0.352 e. The van der Waals surface area contributed by atoms with Gasteiger partial charge in [-0.05, 0) is 20.8 Å². The molecule has 80 valence electrons. The summed E-state index contributed by atoms with van der Waals surface area (Å²) in [5, 5.41) is 9.04. The van der Waals surface area contributed by atoms with Crippen molar-refractivity contribution < 1.29 is 14.3 Å². The highest BCUT2D eigenvalue weighted by Gasteiger charge is 2.18. The first-order valence-electron chi connectivity index (χ1n) is 4.85. The Morgan fingerprint density at radius 1 is 1.47 bits per heavy atom. The van der Waals surface area contributed by atoms with Crippen LogP contribution in [0.2, 0.25) is 0 Å². The summed E-state index contributed by atoms with van der Waals surface area (Å²) in [4.78, 5) is 11.0. The van der Waals surface area contributed by atoms with Crippen molar-refractivity contribution in [2.75, 3.05) is 0 Å². The second kappa shape index (κ2) is 3.15. The quantitative estimate of drug-likeness (QED) is 0.823. The van der Waals surface area contributed by atoms with E-state index >= 15 is 0 Å². The minimum absolute atomic E-state index is 0.102. The first kappa shape index (κ1) is 9.83. The average Bonchev–Trinajstić information content (AvgIpc) is 2.58. The molecule has 1 N–H and O–H groups in total.